The summed E-state index contributed by atoms with van der Waals surface area (Å²) < 4.78 is 6.44. The van der Waals surface area contributed by atoms with Crippen LogP contribution < -0.4 is 5.32 Å². The normalized spacial score (nSPS) is 13.5. The fourth-order valence-corrected chi connectivity index (χ4v) is 2.00. The van der Waals surface area contributed by atoms with Crippen molar-refractivity contribution >= 4 is 15.9 Å². The molecule has 0 aliphatic rings. The topological polar surface area (TPSA) is 25.2 Å². The van der Waals surface area contributed by atoms with E-state index in [0.29, 0.717) is 12.0 Å². The average molecular weight is 260 g/mol. The van der Waals surface area contributed by atoms with Gasteiger partial charge in [-0.2, -0.15) is 0 Å². The number of aryl methyl sites for hydroxylation is 1. The Morgan fingerprint density at radius 1 is 1.50 bits per heavy atom. The molecule has 2 nitrogen and oxygen atoms in total. The first-order valence-electron chi connectivity index (χ1n) is 5.04. The number of hydrogen-bond donors (Lipinski definition) is 1. The molecule has 0 aromatic carbocycles. The van der Waals surface area contributed by atoms with Crippen LogP contribution >= 0.6 is 15.9 Å². The molecule has 0 saturated carbocycles. The van der Waals surface area contributed by atoms with Crippen molar-refractivity contribution in [3.05, 3.63) is 22.6 Å². The van der Waals surface area contributed by atoms with Crippen molar-refractivity contribution in [1.82, 2.24) is 5.32 Å². The highest BCUT2D eigenvalue weighted by molar-refractivity contribution is 9.10. The summed E-state index contributed by atoms with van der Waals surface area (Å²) in [7, 11) is 2.02. The Bertz CT molecular complexity index is 270. The molecule has 1 N–H and O–H groups in total. The van der Waals surface area contributed by atoms with Crippen LogP contribution in [0.25, 0.3) is 0 Å². The molecule has 1 heterocycles. The quantitative estimate of drug-likeness (QED) is 0.879. The highest BCUT2D eigenvalue weighted by atomic mass is 79.9. The molecule has 0 spiro atoms. The van der Waals surface area contributed by atoms with Gasteiger partial charge in [-0.3, -0.25) is 0 Å². The number of nitrogens with one attached hydrogen (secondary N) is 1. The number of furan rings is 1. The molecular formula is C11H18BrNO. The first kappa shape index (κ1) is 11.8. The molecule has 0 bridgehead atoms. The number of halogens is 1. The van der Waals surface area contributed by atoms with Gasteiger partial charge in [-0.25, -0.2) is 0 Å². The Morgan fingerprint density at radius 2 is 2.21 bits per heavy atom. The molecule has 1 aromatic heterocycles. The summed E-state index contributed by atoms with van der Waals surface area (Å²) in [5.41, 5.74) is 0. The van der Waals surface area contributed by atoms with Gasteiger partial charge in [0.2, 0.25) is 0 Å². The van der Waals surface area contributed by atoms with E-state index in [0.717, 1.165) is 23.1 Å². The summed E-state index contributed by atoms with van der Waals surface area (Å²) in [6, 6.07) is 2.51. The zero-order chi connectivity index (χ0) is 10.6. The molecule has 1 rings (SSSR count). The van der Waals surface area contributed by atoms with Crippen LogP contribution in [0.15, 0.2) is 21.2 Å². The summed E-state index contributed by atoms with van der Waals surface area (Å²) >= 11 is 3.46. The van der Waals surface area contributed by atoms with E-state index in [9.17, 15) is 0 Å². The van der Waals surface area contributed by atoms with Gasteiger partial charge in [0.15, 0.2) is 0 Å². The first-order valence-corrected chi connectivity index (χ1v) is 5.83. The van der Waals surface area contributed by atoms with Gasteiger partial charge >= 0.3 is 0 Å². The van der Waals surface area contributed by atoms with E-state index >= 15 is 0 Å². The van der Waals surface area contributed by atoms with E-state index in [-0.39, 0.29) is 0 Å². The molecule has 1 atom stereocenters. The van der Waals surface area contributed by atoms with Crippen LogP contribution in [-0.2, 0) is 6.42 Å². The molecule has 1 aromatic rings. The van der Waals surface area contributed by atoms with Gasteiger partial charge in [0, 0.05) is 12.5 Å². The van der Waals surface area contributed by atoms with Gasteiger partial charge in [-0.05, 0) is 41.4 Å². The maximum Gasteiger partial charge on any atom is 0.117 e. The third kappa shape index (κ3) is 3.14. The minimum atomic E-state index is 0.562. The molecule has 80 valence electrons. The Hall–Kier alpha value is -0.280. The van der Waals surface area contributed by atoms with Crippen molar-refractivity contribution in [2.24, 2.45) is 5.92 Å². The summed E-state index contributed by atoms with van der Waals surface area (Å²) in [5.74, 6) is 1.71. The lowest BCUT2D eigenvalue weighted by molar-refractivity contribution is 0.386. The summed E-state index contributed by atoms with van der Waals surface area (Å²) in [4.78, 5) is 0. The summed E-state index contributed by atoms with van der Waals surface area (Å²) in [5, 5.41) is 3.33. The zero-order valence-corrected chi connectivity index (χ0v) is 10.6. The van der Waals surface area contributed by atoms with Gasteiger partial charge in [-0.1, -0.05) is 13.8 Å². The standard InChI is InChI=1S/C11H18BrNO/c1-8(2)10(13-3)4-5-11-9(12)6-7-14-11/h6-8,10,13H,4-5H2,1-3H3. The fourth-order valence-electron chi connectivity index (χ4n) is 1.60. The Kier molecular flexibility index (Phi) is 4.69. The highest BCUT2D eigenvalue weighted by Gasteiger charge is 2.12. The van der Waals surface area contributed by atoms with Crippen LogP contribution in [0.3, 0.4) is 0 Å². The van der Waals surface area contributed by atoms with Crippen LogP contribution in [0.1, 0.15) is 26.0 Å². The molecule has 0 amide bonds. The van der Waals surface area contributed by atoms with Crippen LogP contribution in [0.5, 0.6) is 0 Å². The Morgan fingerprint density at radius 3 is 2.64 bits per heavy atom. The van der Waals surface area contributed by atoms with Crippen molar-refractivity contribution in [3.8, 4) is 0 Å². The third-order valence-electron chi connectivity index (χ3n) is 2.55. The molecule has 0 saturated heterocycles. The van der Waals surface area contributed by atoms with Gasteiger partial charge in [-0.15, -0.1) is 0 Å². The van der Waals surface area contributed by atoms with Gasteiger partial charge in [0.05, 0.1) is 10.7 Å². The molecule has 14 heavy (non-hydrogen) atoms. The summed E-state index contributed by atoms with van der Waals surface area (Å²) in [6.07, 6.45) is 3.82. The van der Waals surface area contributed by atoms with Crippen molar-refractivity contribution in [1.29, 1.82) is 0 Å². The van der Waals surface area contributed by atoms with Crippen molar-refractivity contribution in [3.63, 3.8) is 0 Å². The van der Waals surface area contributed by atoms with Crippen LogP contribution in [0.2, 0.25) is 0 Å². The van der Waals surface area contributed by atoms with Crippen molar-refractivity contribution in [2.45, 2.75) is 32.7 Å². The minimum Gasteiger partial charge on any atom is -0.468 e. The molecule has 0 fully saturated rings. The maximum absolute atomic E-state index is 5.36. The predicted octanol–water partition coefficient (Wildman–Crippen LogP) is 3.22. The number of hydrogen-bond acceptors (Lipinski definition) is 2. The van der Waals surface area contributed by atoms with Gasteiger partial charge in [0.25, 0.3) is 0 Å². The second-order valence-corrected chi connectivity index (χ2v) is 4.72. The maximum atomic E-state index is 5.36. The predicted molar refractivity (Wildman–Crippen MR) is 62.4 cm³/mol. The lowest BCUT2D eigenvalue weighted by atomic mass is 9.99. The lowest BCUT2D eigenvalue weighted by Gasteiger charge is -2.19. The highest BCUT2D eigenvalue weighted by Crippen LogP contribution is 2.20. The molecule has 1 unspecified atom stereocenters. The third-order valence-corrected chi connectivity index (χ3v) is 3.26. The fraction of sp³-hybridized carbons (Fsp3) is 0.636. The van der Waals surface area contributed by atoms with E-state index < -0.39 is 0 Å². The van der Waals surface area contributed by atoms with E-state index in [1.165, 1.54) is 0 Å². The van der Waals surface area contributed by atoms with E-state index in [4.69, 9.17) is 4.42 Å². The van der Waals surface area contributed by atoms with Crippen molar-refractivity contribution < 1.29 is 4.42 Å². The van der Waals surface area contributed by atoms with E-state index in [1.807, 2.05) is 13.1 Å². The van der Waals surface area contributed by atoms with Gasteiger partial charge in [0.1, 0.15) is 5.76 Å². The van der Waals surface area contributed by atoms with Crippen molar-refractivity contribution in [2.75, 3.05) is 7.05 Å². The zero-order valence-electron chi connectivity index (χ0n) is 9.01. The average Bonchev–Trinajstić information content (AvgIpc) is 2.52. The smallest absolute Gasteiger partial charge is 0.117 e. The lowest BCUT2D eigenvalue weighted by Crippen LogP contribution is -2.30. The van der Waals surface area contributed by atoms with Crippen LogP contribution in [0.4, 0.5) is 0 Å². The summed E-state index contributed by atoms with van der Waals surface area (Å²) in [6.45, 7) is 4.47. The second-order valence-electron chi connectivity index (χ2n) is 3.87. The van der Waals surface area contributed by atoms with E-state index in [1.54, 1.807) is 6.26 Å². The minimum absolute atomic E-state index is 0.562. The van der Waals surface area contributed by atoms with Crippen LogP contribution in [0, 0.1) is 5.92 Å². The molecule has 0 radical (unpaired) electrons. The number of rotatable bonds is 5. The molecule has 3 heteroatoms. The Labute approximate surface area is 94.2 Å². The SMILES string of the molecule is CNC(CCc1occc1Br)C(C)C. The van der Waals surface area contributed by atoms with Gasteiger partial charge < -0.3 is 9.73 Å². The largest absolute Gasteiger partial charge is 0.468 e. The van der Waals surface area contributed by atoms with Crippen LogP contribution in [-0.4, -0.2) is 13.1 Å². The molecule has 0 aliphatic carbocycles. The first-order chi connectivity index (χ1) is 6.65. The second kappa shape index (κ2) is 5.56. The molecular weight excluding hydrogens is 242 g/mol. The monoisotopic (exact) mass is 259 g/mol. The Balaban J connectivity index is 2.43. The molecule has 0 aliphatic heterocycles. The van der Waals surface area contributed by atoms with E-state index in [2.05, 4.69) is 35.1 Å².